The van der Waals surface area contributed by atoms with E-state index in [-0.39, 0.29) is 35.2 Å². The summed E-state index contributed by atoms with van der Waals surface area (Å²) in [6, 6.07) is 5.94. The Bertz CT molecular complexity index is 998. The van der Waals surface area contributed by atoms with Crippen LogP contribution in [0.4, 0.5) is 10.2 Å². The van der Waals surface area contributed by atoms with Gasteiger partial charge in [-0.25, -0.2) is 17.8 Å². The van der Waals surface area contributed by atoms with Crippen molar-refractivity contribution in [1.29, 1.82) is 0 Å². The van der Waals surface area contributed by atoms with Crippen molar-refractivity contribution in [2.45, 2.75) is 25.8 Å². The second kappa shape index (κ2) is 8.29. The predicted molar refractivity (Wildman–Crippen MR) is 111 cm³/mol. The van der Waals surface area contributed by atoms with Crippen LogP contribution in [0.25, 0.3) is 0 Å². The van der Waals surface area contributed by atoms with Gasteiger partial charge in [0.25, 0.3) is 0 Å². The van der Waals surface area contributed by atoms with E-state index >= 15 is 0 Å². The number of hydrogen-bond donors (Lipinski definition) is 0. The molecular formula is C21H25FN4O3S. The van der Waals surface area contributed by atoms with E-state index in [1.54, 1.807) is 24.5 Å². The van der Waals surface area contributed by atoms with E-state index in [4.69, 9.17) is 0 Å². The Balaban J connectivity index is 1.58. The van der Waals surface area contributed by atoms with Gasteiger partial charge in [-0.15, -0.1) is 0 Å². The highest BCUT2D eigenvalue weighted by Crippen LogP contribution is 2.31. The first-order valence-electron chi connectivity index (χ1n) is 10.1. The number of benzene rings is 1. The standard InChI is InChI=1S/C21H25FN4O3S/c1-15-12-24-20(13-23-15)25-8-9-26(19(14-25)16-2-4-18(22)5-3-16)21(27)17-6-10-30(28,29)11-7-17/h2-5,12-13,17,19H,6-11,14H2,1H3. The molecule has 1 amide bonds. The van der Waals surface area contributed by atoms with Crippen LogP contribution in [0.1, 0.15) is 30.1 Å². The number of carbonyl (C=O) groups is 1. The molecule has 1 aromatic heterocycles. The minimum absolute atomic E-state index is 0.0196. The fourth-order valence-corrected chi connectivity index (χ4v) is 5.64. The van der Waals surface area contributed by atoms with Crippen LogP contribution in [-0.2, 0) is 14.6 Å². The molecule has 160 valence electrons. The van der Waals surface area contributed by atoms with Crippen LogP contribution in [-0.4, -0.2) is 60.3 Å². The van der Waals surface area contributed by atoms with Gasteiger partial charge in [-0.2, -0.15) is 0 Å². The maximum absolute atomic E-state index is 13.5. The highest BCUT2D eigenvalue weighted by Gasteiger charge is 2.37. The molecule has 7 nitrogen and oxygen atoms in total. The van der Waals surface area contributed by atoms with Crippen LogP contribution in [0.3, 0.4) is 0 Å². The van der Waals surface area contributed by atoms with Crippen LogP contribution in [0.5, 0.6) is 0 Å². The van der Waals surface area contributed by atoms with E-state index < -0.39 is 9.84 Å². The lowest BCUT2D eigenvalue weighted by Gasteiger charge is -2.43. The summed E-state index contributed by atoms with van der Waals surface area (Å²) in [4.78, 5) is 26.0. The van der Waals surface area contributed by atoms with Crippen LogP contribution in [0.2, 0.25) is 0 Å². The number of anilines is 1. The molecule has 2 fully saturated rings. The Morgan fingerprint density at radius 3 is 2.40 bits per heavy atom. The van der Waals surface area contributed by atoms with Gasteiger partial charge in [-0.05, 0) is 37.5 Å². The van der Waals surface area contributed by atoms with Crippen molar-refractivity contribution in [3.05, 3.63) is 53.7 Å². The normalized spacial score (nSPS) is 22.1. The third-order valence-corrected chi connectivity index (χ3v) is 7.63. The van der Waals surface area contributed by atoms with Gasteiger partial charge in [0.2, 0.25) is 5.91 Å². The number of aromatic nitrogens is 2. The van der Waals surface area contributed by atoms with Gasteiger partial charge in [0.05, 0.1) is 35.6 Å². The first-order chi connectivity index (χ1) is 14.3. The molecule has 2 saturated heterocycles. The Labute approximate surface area is 175 Å². The van der Waals surface area contributed by atoms with Gasteiger partial charge in [0.15, 0.2) is 0 Å². The van der Waals surface area contributed by atoms with Crippen molar-refractivity contribution in [3.8, 4) is 0 Å². The van der Waals surface area contributed by atoms with E-state index in [0.717, 1.165) is 17.1 Å². The summed E-state index contributed by atoms with van der Waals surface area (Å²) in [5.41, 5.74) is 1.67. The second-order valence-corrected chi connectivity index (χ2v) is 10.3. The van der Waals surface area contributed by atoms with Gasteiger partial charge in [-0.1, -0.05) is 12.1 Å². The Hall–Kier alpha value is -2.55. The number of rotatable bonds is 3. The van der Waals surface area contributed by atoms with Crippen molar-refractivity contribution in [1.82, 2.24) is 14.9 Å². The zero-order valence-corrected chi connectivity index (χ0v) is 17.7. The lowest BCUT2D eigenvalue weighted by molar-refractivity contribution is -0.138. The van der Waals surface area contributed by atoms with Crippen LogP contribution < -0.4 is 4.90 Å². The quantitative estimate of drug-likeness (QED) is 0.739. The summed E-state index contributed by atoms with van der Waals surface area (Å²) in [6.45, 7) is 3.48. The van der Waals surface area contributed by atoms with Crippen molar-refractivity contribution in [3.63, 3.8) is 0 Å². The molecule has 30 heavy (non-hydrogen) atoms. The molecule has 0 aliphatic carbocycles. The van der Waals surface area contributed by atoms with Crippen LogP contribution >= 0.6 is 0 Å². The molecule has 0 radical (unpaired) electrons. The largest absolute Gasteiger partial charge is 0.351 e. The Morgan fingerprint density at radius 2 is 1.77 bits per heavy atom. The van der Waals surface area contributed by atoms with Crippen molar-refractivity contribution >= 4 is 21.6 Å². The van der Waals surface area contributed by atoms with Gasteiger partial charge >= 0.3 is 0 Å². The van der Waals surface area contributed by atoms with Crippen molar-refractivity contribution in [2.24, 2.45) is 5.92 Å². The number of sulfone groups is 1. The number of nitrogens with zero attached hydrogens (tertiary/aromatic N) is 4. The molecule has 2 aliphatic heterocycles. The monoisotopic (exact) mass is 432 g/mol. The highest BCUT2D eigenvalue weighted by molar-refractivity contribution is 7.91. The smallest absolute Gasteiger partial charge is 0.226 e. The summed E-state index contributed by atoms with van der Waals surface area (Å²) in [5.74, 6) is 0.221. The summed E-state index contributed by atoms with van der Waals surface area (Å²) in [6.07, 6.45) is 4.16. The molecule has 2 aromatic rings. The van der Waals surface area contributed by atoms with Gasteiger partial charge in [0, 0.05) is 25.6 Å². The minimum Gasteiger partial charge on any atom is -0.351 e. The molecule has 0 N–H and O–H groups in total. The highest BCUT2D eigenvalue weighted by atomic mass is 32.2. The fourth-order valence-electron chi connectivity index (χ4n) is 4.15. The number of amides is 1. The Kier molecular flexibility index (Phi) is 5.73. The summed E-state index contributed by atoms with van der Waals surface area (Å²) in [5, 5.41) is 0. The average molecular weight is 433 g/mol. The maximum Gasteiger partial charge on any atom is 0.226 e. The minimum atomic E-state index is -3.03. The van der Waals surface area contributed by atoms with Gasteiger partial charge in [0.1, 0.15) is 21.5 Å². The van der Waals surface area contributed by atoms with Gasteiger partial charge in [-0.3, -0.25) is 9.78 Å². The lowest BCUT2D eigenvalue weighted by atomic mass is 9.96. The van der Waals surface area contributed by atoms with Gasteiger partial charge < -0.3 is 9.80 Å². The van der Waals surface area contributed by atoms with E-state index in [2.05, 4.69) is 14.9 Å². The molecule has 9 heteroatoms. The third-order valence-electron chi connectivity index (χ3n) is 5.91. The SMILES string of the molecule is Cc1cnc(N2CCN(C(=O)C3CCS(=O)(=O)CC3)C(c3ccc(F)cc3)C2)cn1. The number of aryl methyl sites for hydroxylation is 1. The van der Waals surface area contributed by atoms with E-state index in [9.17, 15) is 17.6 Å². The van der Waals surface area contributed by atoms with Crippen LogP contribution in [0.15, 0.2) is 36.7 Å². The number of halogens is 1. The molecule has 1 atom stereocenters. The molecule has 3 heterocycles. The number of hydrogen-bond acceptors (Lipinski definition) is 6. The first kappa shape index (κ1) is 20.7. The van der Waals surface area contributed by atoms with Crippen molar-refractivity contribution in [2.75, 3.05) is 36.0 Å². The zero-order valence-electron chi connectivity index (χ0n) is 16.9. The molecule has 1 aromatic carbocycles. The van der Waals surface area contributed by atoms with E-state index in [1.165, 1.54) is 12.1 Å². The molecule has 0 spiro atoms. The Morgan fingerprint density at radius 1 is 1.07 bits per heavy atom. The van der Waals surface area contributed by atoms with E-state index in [0.29, 0.717) is 32.5 Å². The topological polar surface area (TPSA) is 83.5 Å². The number of carbonyl (C=O) groups excluding carboxylic acids is 1. The van der Waals surface area contributed by atoms with Crippen LogP contribution in [0, 0.1) is 18.7 Å². The summed E-state index contributed by atoms with van der Waals surface area (Å²) in [7, 11) is -3.03. The molecule has 0 saturated carbocycles. The summed E-state index contributed by atoms with van der Waals surface area (Å²) >= 11 is 0. The fraction of sp³-hybridized carbons (Fsp3) is 0.476. The molecular weight excluding hydrogens is 407 g/mol. The zero-order chi connectivity index (χ0) is 21.3. The lowest BCUT2D eigenvalue weighted by Crippen LogP contribution is -2.53. The molecule has 2 aliphatic rings. The first-order valence-corrected chi connectivity index (χ1v) is 11.9. The second-order valence-electron chi connectivity index (χ2n) is 7.99. The predicted octanol–water partition coefficient (Wildman–Crippen LogP) is 2.14. The average Bonchev–Trinajstić information content (AvgIpc) is 2.74. The maximum atomic E-state index is 13.5. The summed E-state index contributed by atoms with van der Waals surface area (Å²) < 4.78 is 37.0. The molecule has 0 bridgehead atoms. The number of piperazine rings is 1. The molecule has 4 rings (SSSR count). The van der Waals surface area contributed by atoms with Crippen molar-refractivity contribution < 1.29 is 17.6 Å². The third kappa shape index (κ3) is 4.45. The van der Waals surface area contributed by atoms with E-state index in [1.807, 2.05) is 11.8 Å². The molecule has 1 unspecified atom stereocenters.